The van der Waals surface area contributed by atoms with Gasteiger partial charge in [-0.1, -0.05) is 0 Å². The Bertz CT molecular complexity index is 671. The molecule has 1 atom stereocenters. The van der Waals surface area contributed by atoms with E-state index >= 15 is 0 Å². The zero-order valence-corrected chi connectivity index (χ0v) is 13.6. The van der Waals surface area contributed by atoms with Crippen molar-refractivity contribution in [2.75, 3.05) is 26.2 Å². The van der Waals surface area contributed by atoms with Gasteiger partial charge in [-0.05, 0) is 35.3 Å². The standard InChI is InChI=1S/C12H15BrN2O5S/c13-11-10(6-9(20-11)12(16)17)21(18,19)15-5-4-14-3-1-2-8(14)7-15/h6,8H,1-5,7H2,(H,16,17). The fraction of sp³-hybridized carbons (Fsp3) is 0.583. The molecule has 0 spiro atoms. The highest BCUT2D eigenvalue weighted by Crippen LogP contribution is 2.31. The molecule has 2 aliphatic rings. The van der Waals surface area contributed by atoms with Gasteiger partial charge in [-0.3, -0.25) is 4.90 Å². The Hall–Kier alpha value is -0.900. The third-order valence-corrected chi connectivity index (χ3v) is 6.76. The van der Waals surface area contributed by atoms with E-state index in [1.165, 1.54) is 4.31 Å². The lowest BCUT2D eigenvalue weighted by atomic mass is 10.2. The summed E-state index contributed by atoms with van der Waals surface area (Å²) in [5, 5.41) is 8.89. The predicted octanol–water partition coefficient (Wildman–Crippen LogP) is 1.21. The lowest BCUT2D eigenvalue weighted by Gasteiger charge is -2.36. The molecule has 0 amide bonds. The second-order valence-electron chi connectivity index (χ2n) is 5.25. The smallest absolute Gasteiger partial charge is 0.371 e. The van der Waals surface area contributed by atoms with E-state index in [-0.39, 0.29) is 21.4 Å². The summed E-state index contributed by atoms with van der Waals surface area (Å²) in [7, 11) is -3.74. The van der Waals surface area contributed by atoms with Gasteiger partial charge in [0.05, 0.1) is 0 Å². The van der Waals surface area contributed by atoms with Gasteiger partial charge >= 0.3 is 5.97 Å². The molecule has 0 bridgehead atoms. The fourth-order valence-corrected chi connectivity index (χ4v) is 5.32. The van der Waals surface area contributed by atoms with E-state index in [0.29, 0.717) is 19.6 Å². The van der Waals surface area contributed by atoms with Crippen LogP contribution in [0.2, 0.25) is 0 Å². The number of furan rings is 1. The van der Waals surface area contributed by atoms with Crippen molar-refractivity contribution in [2.45, 2.75) is 23.8 Å². The molecule has 0 radical (unpaired) electrons. The third-order valence-electron chi connectivity index (χ3n) is 4.03. The van der Waals surface area contributed by atoms with Crippen LogP contribution < -0.4 is 0 Å². The number of hydrogen-bond donors (Lipinski definition) is 1. The van der Waals surface area contributed by atoms with Crippen LogP contribution in [0.15, 0.2) is 20.0 Å². The molecule has 116 valence electrons. The predicted molar refractivity (Wildman–Crippen MR) is 76.7 cm³/mol. The Morgan fingerprint density at radius 3 is 2.81 bits per heavy atom. The van der Waals surface area contributed by atoms with Crippen LogP contribution in [0.4, 0.5) is 0 Å². The van der Waals surface area contributed by atoms with Gasteiger partial charge in [0.2, 0.25) is 15.8 Å². The molecule has 21 heavy (non-hydrogen) atoms. The average molecular weight is 379 g/mol. The van der Waals surface area contributed by atoms with Gasteiger partial charge in [-0.15, -0.1) is 0 Å². The van der Waals surface area contributed by atoms with Crippen LogP contribution in [-0.2, 0) is 10.0 Å². The molecule has 9 heteroatoms. The van der Waals surface area contributed by atoms with Crippen LogP contribution in [0.3, 0.4) is 0 Å². The maximum atomic E-state index is 12.7. The van der Waals surface area contributed by atoms with Gasteiger partial charge in [0.25, 0.3) is 0 Å². The van der Waals surface area contributed by atoms with E-state index in [4.69, 9.17) is 9.52 Å². The van der Waals surface area contributed by atoms with Crippen LogP contribution in [-0.4, -0.2) is 60.9 Å². The van der Waals surface area contributed by atoms with E-state index in [1.54, 1.807) is 0 Å². The monoisotopic (exact) mass is 378 g/mol. The summed E-state index contributed by atoms with van der Waals surface area (Å²) in [6.07, 6.45) is 2.09. The maximum absolute atomic E-state index is 12.7. The molecule has 1 aromatic rings. The van der Waals surface area contributed by atoms with Gasteiger partial charge in [-0.25, -0.2) is 13.2 Å². The normalized spacial score (nSPS) is 24.1. The van der Waals surface area contributed by atoms with Crippen molar-refractivity contribution in [3.63, 3.8) is 0 Å². The Morgan fingerprint density at radius 1 is 1.38 bits per heavy atom. The lowest BCUT2D eigenvalue weighted by Crippen LogP contribution is -2.51. The summed E-state index contributed by atoms with van der Waals surface area (Å²) in [4.78, 5) is 13.1. The minimum atomic E-state index is -3.74. The molecule has 2 aliphatic heterocycles. The molecule has 0 aliphatic carbocycles. The number of carbonyl (C=O) groups is 1. The topological polar surface area (TPSA) is 91.1 Å². The number of carboxylic acid groups (broad SMARTS) is 1. The number of aromatic carboxylic acids is 1. The minimum absolute atomic E-state index is 0.0613. The molecule has 0 saturated carbocycles. The molecule has 1 aromatic heterocycles. The Kier molecular flexibility index (Phi) is 3.85. The molecule has 3 heterocycles. The van der Waals surface area contributed by atoms with Crippen LogP contribution in [0.1, 0.15) is 23.4 Å². The molecule has 3 rings (SSSR count). The first-order valence-corrected chi connectivity index (χ1v) is 8.90. The zero-order chi connectivity index (χ0) is 15.2. The Balaban J connectivity index is 1.88. The second-order valence-corrected chi connectivity index (χ2v) is 7.88. The SMILES string of the molecule is O=C(O)c1cc(S(=O)(=O)N2CCN3CCCC3C2)c(Br)o1. The van der Waals surface area contributed by atoms with Gasteiger partial charge < -0.3 is 9.52 Å². The lowest BCUT2D eigenvalue weighted by molar-refractivity contribution is 0.0661. The summed E-state index contributed by atoms with van der Waals surface area (Å²) in [5.74, 6) is -1.68. The first-order valence-electron chi connectivity index (χ1n) is 6.66. The van der Waals surface area contributed by atoms with E-state index in [1.807, 2.05) is 0 Å². The highest BCUT2D eigenvalue weighted by molar-refractivity contribution is 9.10. The number of rotatable bonds is 3. The van der Waals surface area contributed by atoms with Crippen molar-refractivity contribution in [1.82, 2.24) is 9.21 Å². The highest BCUT2D eigenvalue weighted by atomic mass is 79.9. The first kappa shape index (κ1) is 15.0. The van der Waals surface area contributed by atoms with Gasteiger partial charge in [0.1, 0.15) is 4.90 Å². The molecule has 1 N–H and O–H groups in total. The van der Waals surface area contributed by atoms with E-state index in [9.17, 15) is 13.2 Å². The van der Waals surface area contributed by atoms with Crippen LogP contribution in [0.25, 0.3) is 0 Å². The van der Waals surface area contributed by atoms with Crippen molar-refractivity contribution in [1.29, 1.82) is 0 Å². The van der Waals surface area contributed by atoms with Crippen molar-refractivity contribution in [2.24, 2.45) is 0 Å². The number of nitrogens with zero attached hydrogens (tertiary/aromatic N) is 2. The Morgan fingerprint density at radius 2 is 2.14 bits per heavy atom. The minimum Gasteiger partial charge on any atom is -0.475 e. The number of halogens is 1. The number of sulfonamides is 1. The van der Waals surface area contributed by atoms with Crippen molar-refractivity contribution in [3.8, 4) is 0 Å². The fourth-order valence-electron chi connectivity index (χ4n) is 2.95. The second kappa shape index (κ2) is 5.38. The van der Waals surface area contributed by atoms with Crippen LogP contribution in [0, 0.1) is 0 Å². The third kappa shape index (κ3) is 2.63. The molecule has 0 aromatic carbocycles. The number of carboxylic acids is 1. The largest absolute Gasteiger partial charge is 0.475 e. The molecule has 2 fully saturated rings. The van der Waals surface area contributed by atoms with Crippen molar-refractivity contribution < 1.29 is 22.7 Å². The van der Waals surface area contributed by atoms with E-state index < -0.39 is 16.0 Å². The van der Waals surface area contributed by atoms with E-state index in [2.05, 4.69) is 20.8 Å². The molecule has 2 saturated heterocycles. The van der Waals surface area contributed by atoms with Crippen molar-refractivity contribution >= 4 is 31.9 Å². The summed E-state index contributed by atoms with van der Waals surface area (Å²) in [6, 6.07) is 1.32. The van der Waals surface area contributed by atoms with Gasteiger partial charge in [0, 0.05) is 31.7 Å². The van der Waals surface area contributed by atoms with Crippen molar-refractivity contribution in [3.05, 3.63) is 16.5 Å². The van der Waals surface area contributed by atoms with Crippen LogP contribution in [0.5, 0.6) is 0 Å². The number of piperazine rings is 1. The molecular weight excluding hydrogens is 364 g/mol. The summed E-state index contributed by atoms with van der Waals surface area (Å²) in [6.45, 7) is 2.60. The average Bonchev–Trinajstić information content (AvgIpc) is 3.03. The summed E-state index contributed by atoms with van der Waals surface area (Å²) < 4.78 is 31.6. The number of fused-ring (bicyclic) bond motifs is 1. The maximum Gasteiger partial charge on any atom is 0.371 e. The summed E-state index contributed by atoms with van der Waals surface area (Å²) in [5.41, 5.74) is 0. The van der Waals surface area contributed by atoms with E-state index in [0.717, 1.165) is 25.5 Å². The quantitative estimate of drug-likeness (QED) is 0.849. The molecular formula is C12H15BrN2O5S. The molecule has 1 unspecified atom stereocenters. The Labute approximate surface area is 130 Å². The first-order chi connectivity index (χ1) is 9.89. The van der Waals surface area contributed by atoms with Gasteiger partial charge in [-0.2, -0.15) is 4.31 Å². The van der Waals surface area contributed by atoms with Gasteiger partial charge in [0.15, 0.2) is 4.67 Å². The number of hydrogen-bond acceptors (Lipinski definition) is 5. The zero-order valence-electron chi connectivity index (χ0n) is 11.2. The molecule has 7 nitrogen and oxygen atoms in total. The highest BCUT2D eigenvalue weighted by Gasteiger charge is 2.38. The summed E-state index contributed by atoms with van der Waals surface area (Å²) >= 11 is 3.00. The van der Waals surface area contributed by atoms with Crippen LogP contribution >= 0.6 is 15.9 Å².